The van der Waals surface area contributed by atoms with E-state index in [-0.39, 0.29) is 11.8 Å². The predicted octanol–water partition coefficient (Wildman–Crippen LogP) is 3.35. The number of nitrogens with one attached hydrogen (secondary N) is 1. The van der Waals surface area contributed by atoms with Gasteiger partial charge in [-0.2, -0.15) is 0 Å². The highest BCUT2D eigenvalue weighted by molar-refractivity contribution is 6.04. The fourth-order valence-electron chi connectivity index (χ4n) is 3.38. The summed E-state index contributed by atoms with van der Waals surface area (Å²) in [6.07, 6.45) is 3.26. The van der Waals surface area contributed by atoms with Crippen LogP contribution in [0.4, 0.5) is 0 Å². The van der Waals surface area contributed by atoms with Crippen molar-refractivity contribution in [2.24, 2.45) is 0 Å². The van der Waals surface area contributed by atoms with Crippen LogP contribution in [0.25, 0.3) is 11.1 Å². The monoisotopic (exact) mass is 352 g/mol. The number of benzene rings is 2. The second-order valence-corrected chi connectivity index (χ2v) is 6.39. The highest BCUT2D eigenvalue weighted by Gasteiger charge is 2.21. The molecular weight excluding hydrogens is 328 g/mol. The lowest BCUT2D eigenvalue weighted by Gasteiger charge is -2.27. The van der Waals surface area contributed by atoms with Crippen LogP contribution in [-0.2, 0) is 0 Å². The second-order valence-electron chi connectivity index (χ2n) is 6.39. The van der Waals surface area contributed by atoms with E-state index < -0.39 is 0 Å². The minimum absolute atomic E-state index is 0.0179. The van der Waals surface area contributed by atoms with Gasteiger partial charge >= 0.3 is 0 Å². The molecule has 5 heteroatoms. The van der Waals surface area contributed by atoms with E-state index in [1.807, 2.05) is 29.2 Å². The lowest BCUT2D eigenvalue weighted by molar-refractivity contribution is 0.0724. The zero-order chi connectivity index (χ0) is 18.5. The van der Waals surface area contributed by atoms with Gasteiger partial charge in [0.25, 0.3) is 11.8 Å². The number of rotatable bonds is 4. The first kappa shape index (κ1) is 18.0. The molecule has 3 rings (SSSR count). The van der Waals surface area contributed by atoms with Crippen LogP contribution in [0.5, 0.6) is 5.75 Å². The fourth-order valence-corrected chi connectivity index (χ4v) is 3.38. The van der Waals surface area contributed by atoms with Crippen molar-refractivity contribution in [2.75, 3.05) is 27.2 Å². The lowest BCUT2D eigenvalue weighted by atomic mass is 9.95. The summed E-state index contributed by atoms with van der Waals surface area (Å²) in [7, 11) is 3.20. The SMILES string of the molecule is CNC(=O)c1ccc(C(=O)N2CCCCC2)cc1-c1ccccc1OC. The molecule has 0 atom stereocenters. The van der Waals surface area contributed by atoms with Gasteiger partial charge in [-0.25, -0.2) is 0 Å². The number of hydrogen-bond donors (Lipinski definition) is 1. The Bertz CT molecular complexity index is 811. The summed E-state index contributed by atoms with van der Waals surface area (Å²) in [4.78, 5) is 27.1. The van der Waals surface area contributed by atoms with Gasteiger partial charge in [0.1, 0.15) is 5.75 Å². The summed E-state index contributed by atoms with van der Waals surface area (Å²) >= 11 is 0. The van der Waals surface area contributed by atoms with E-state index in [1.165, 1.54) is 6.42 Å². The molecule has 2 amide bonds. The van der Waals surface area contributed by atoms with Crippen LogP contribution in [-0.4, -0.2) is 44.0 Å². The van der Waals surface area contributed by atoms with Crippen LogP contribution in [0.15, 0.2) is 42.5 Å². The van der Waals surface area contributed by atoms with E-state index in [0.717, 1.165) is 31.5 Å². The number of carbonyl (C=O) groups is 2. The number of hydrogen-bond acceptors (Lipinski definition) is 3. The van der Waals surface area contributed by atoms with Crippen LogP contribution < -0.4 is 10.1 Å². The lowest BCUT2D eigenvalue weighted by Crippen LogP contribution is -2.35. The first-order valence-corrected chi connectivity index (χ1v) is 8.94. The molecular formula is C21H24N2O3. The van der Waals surface area contributed by atoms with E-state index in [9.17, 15) is 9.59 Å². The molecule has 136 valence electrons. The Balaban J connectivity index is 2.07. The molecule has 2 aromatic carbocycles. The van der Waals surface area contributed by atoms with Gasteiger partial charge in [-0.05, 0) is 49.1 Å². The molecule has 2 aromatic rings. The molecule has 0 spiro atoms. The molecule has 1 aliphatic rings. The Morgan fingerprint density at radius 2 is 1.73 bits per heavy atom. The number of likely N-dealkylation sites (tertiary alicyclic amines) is 1. The average molecular weight is 352 g/mol. The van der Waals surface area contributed by atoms with Crippen molar-refractivity contribution >= 4 is 11.8 Å². The molecule has 0 radical (unpaired) electrons. The molecule has 0 unspecified atom stereocenters. The van der Waals surface area contributed by atoms with Crippen molar-refractivity contribution in [1.29, 1.82) is 0 Å². The molecule has 0 bridgehead atoms. The highest BCUT2D eigenvalue weighted by atomic mass is 16.5. The smallest absolute Gasteiger partial charge is 0.253 e. The Kier molecular flexibility index (Phi) is 5.56. The van der Waals surface area contributed by atoms with Crippen LogP contribution in [0.3, 0.4) is 0 Å². The standard InChI is InChI=1S/C21H24N2O3/c1-22-20(24)17-11-10-15(21(25)23-12-6-3-7-13-23)14-18(17)16-8-4-5-9-19(16)26-2/h4-5,8-11,14H,3,6-7,12-13H2,1-2H3,(H,22,24). The van der Waals surface area contributed by atoms with Crippen LogP contribution >= 0.6 is 0 Å². The van der Waals surface area contributed by atoms with Crippen molar-refractivity contribution in [3.63, 3.8) is 0 Å². The molecule has 0 aromatic heterocycles. The average Bonchev–Trinajstić information content (AvgIpc) is 2.72. The first-order chi connectivity index (χ1) is 12.7. The molecule has 1 heterocycles. The molecule has 1 aliphatic heterocycles. The maximum Gasteiger partial charge on any atom is 0.253 e. The Morgan fingerprint density at radius 1 is 1.00 bits per heavy atom. The largest absolute Gasteiger partial charge is 0.496 e. The number of carbonyl (C=O) groups excluding carboxylic acids is 2. The minimum atomic E-state index is -0.192. The molecule has 1 N–H and O–H groups in total. The second kappa shape index (κ2) is 8.04. The minimum Gasteiger partial charge on any atom is -0.496 e. The summed E-state index contributed by atoms with van der Waals surface area (Å²) in [6, 6.07) is 12.8. The van der Waals surface area contributed by atoms with Gasteiger partial charge in [-0.3, -0.25) is 9.59 Å². The van der Waals surface area contributed by atoms with Crippen molar-refractivity contribution in [2.45, 2.75) is 19.3 Å². The van der Waals surface area contributed by atoms with Crippen molar-refractivity contribution in [3.05, 3.63) is 53.6 Å². The summed E-state index contributed by atoms with van der Waals surface area (Å²) in [5, 5.41) is 2.67. The number of para-hydroxylation sites is 1. The van der Waals surface area contributed by atoms with Crippen molar-refractivity contribution < 1.29 is 14.3 Å². The van der Waals surface area contributed by atoms with Gasteiger partial charge in [-0.1, -0.05) is 18.2 Å². The zero-order valence-corrected chi connectivity index (χ0v) is 15.2. The van der Waals surface area contributed by atoms with E-state index in [0.29, 0.717) is 22.4 Å². The fraction of sp³-hybridized carbons (Fsp3) is 0.333. The van der Waals surface area contributed by atoms with E-state index in [4.69, 9.17) is 4.74 Å². The molecule has 1 saturated heterocycles. The normalized spacial score (nSPS) is 14.0. The third-order valence-corrected chi connectivity index (χ3v) is 4.78. The van der Waals surface area contributed by atoms with Gasteiger partial charge in [0.05, 0.1) is 7.11 Å². The van der Waals surface area contributed by atoms with Crippen LogP contribution in [0, 0.1) is 0 Å². The van der Waals surface area contributed by atoms with Gasteiger partial charge < -0.3 is 15.0 Å². The Labute approximate surface area is 154 Å². The van der Waals surface area contributed by atoms with Crippen LogP contribution in [0.1, 0.15) is 40.0 Å². The summed E-state index contributed by atoms with van der Waals surface area (Å²) < 4.78 is 5.46. The highest BCUT2D eigenvalue weighted by Crippen LogP contribution is 2.33. The Morgan fingerprint density at radius 3 is 2.42 bits per heavy atom. The molecule has 26 heavy (non-hydrogen) atoms. The number of ether oxygens (including phenoxy) is 1. The van der Waals surface area contributed by atoms with Crippen molar-refractivity contribution in [1.82, 2.24) is 10.2 Å². The third-order valence-electron chi connectivity index (χ3n) is 4.78. The summed E-state index contributed by atoms with van der Waals surface area (Å²) in [5.74, 6) is 0.493. The maximum absolute atomic E-state index is 12.9. The maximum atomic E-state index is 12.9. The topological polar surface area (TPSA) is 58.6 Å². The van der Waals surface area contributed by atoms with Crippen molar-refractivity contribution in [3.8, 4) is 16.9 Å². The number of methoxy groups -OCH3 is 1. The van der Waals surface area contributed by atoms with Gasteiger partial charge in [0.15, 0.2) is 0 Å². The molecule has 5 nitrogen and oxygen atoms in total. The van der Waals surface area contributed by atoms with Crippen LogP contribution in [0.2, 0.25) is 0 Å². The first-order valence-electron chi connectivity index (χ1n) is 8.94. The van der Waals surface area contributed by atoms with Gasteiger partial charge in [0, 0.05) is 36.8 Å². The predicted molar refractivity (Wildman–Crippen MR) is 102 cm³/mol. The van der Waals surface area contributed by atoms with E-state index in [1.54, 1.807) is 32.4 Å². The Hall–Kier alpha value is -2.82. The molecule has 0 saturated carbocycles. The number of amides is 2. The van der Waals surface area contributed by atoms with E-state index >= 15 is 0 Å². The molecule has 1 fully saturated rings. The summed E-state index contributed by atoms with van der Waals surface area (Å²) in [5.41, 5.74) is 2.61. The zero-order valence-electron chi connectivity index (χ0n) is 15.2. The summed E-state index contributed by atoms with van der Waals surface area (Å²) in [6.45, 7) is 1.58. The molecule has 0 aliphatic carbocycles. The third kappa shape index (κ3) is 3.57. The van der Waals surface area contributed by atoms with Gasteiger partial charge in [0.2, 0.25) is 0 Å². The number of nitrogens with zero attached hydrogens (tertiary/aromatic N) is 1. The van der Waals surface area contributed by atoms with Gasteiger partial charge in [-0.15, -0.1) is 0 Å². The quantitative estimate of drug-likeness (QED) is 0.918. The number of piperidine rings is 1. The van der Waals surface area contributed by atoms with E-state index in [2.05, 4.69) is 5.32 Å².